The average Bonchev–Trinajstić information content (AvgIpc) is 3.13. The maximum atomic E-state index is 12.9. The second-order valence-corrected chi connectivity index (χ2v) is 7.31. The summed E-state index contributed by atoms with van der Waals surface area (Å²) in [5.41, 5.74) is 3.70. The van der Waals surface area contributed by atoms with E-state index in [-0.39, 0.29) is 18.8 Å². The summed E-state index contributed by atoms with van der Waals surface area (Å²) in [7, 11) is 1.79. The van der Waals surface area contributed by atoms with Crippen molar-refractivity contribution in [2.45, 2.75) is 26.3 Å². The molecule has 31 heavy (non-hydrogen) atoms. The van der Waals surface area contributed by atoms with Crippen LogP contribution < -0.4 is 4.74 Å². The summed E-state index contributed by atoms with van der Waals surface area (Å²) in [6, 6.07) is 14.2. The molecule has 0 aliphatic heterocycles. The molecule has 4 rings (SSSR count). The predicted octanol–water partition coefficient (Wildman–Crippen LogP) is 4.25. The summed E-state index contributed by atoms with van der Waals surface area (Å²) in [6.45, 7) is 1.20. The molecular weight excluding hydrogens is 397 g/mol. The number of fused-ring (bicyclic) bond motifs is 1. The maximum Gasteiger partial charge on any atom is 0.235 e. The zero-order chi connectivity index (χ0) is 22.0. The van der Waals surface area contributed by atoms with E-state index in [4.69, 9.17) is 4.74 Å². The molecule has 0 fully saturated rings. The molecular formula is C24H22FN3O3. The molecule has 0 aliphatic carbocycles. The number of ketones is 1. The molecule has 1 unspecified atom stereocenters. The third-order valence-corrected chi connectivity index (χ3v) is 5.12. The first-order valence-electron chi connectivity index (χ1n) is 9.89. The third-order valence-electron chi connectivity index (χ3n) is 5.12. The van der Waals surface area contributed by atoms with Gasteiger partial charge in [0, 0.05) is 42.4 Å². The zero-order valence-electron chi connectivity index (χ0n) is 17.2. The van der Waals surface area contributed by atoms with Crippen LogP contribution in [0.25, 0.3) is 21.9 Å². The van der Waals surface area contributed by atoms with E-state index in [1.165, 1.54) is 6.92 Å². The monoisotopic (exact) mass is 419 g/mol. The van der Waals surface area contributed by atoms with E-state index in [1.54, 1.807) is 48.4 Å². The molecule has 0 amide bonds. The van der Waals surface area contributed by atoms with Gasteiger partial charge in [-0.25, -0.2) is 4.39 Å². The number of halogens is 1. The number of aliphatic hydroxyl groups is 1. The van der Waals surface area contributed by atoms with Crippen molar-refractivity contribution in [1.29, 1.82) is 0 Å². The van der Waals surface area contributed by atoms with E-state index in [1.807, 2.05) is 24.3 Å². The third kappa shape index (κ3) is 4.46. The Kier molecular flexibility index (Phi) is 5.77. The van der Waals surface area contributed by atoms with Gasteiger partial charge in [0.1, 0.15) is 5.75 Å². The number of carbonyl (C=O) groups is 1. The first kappa shape index (κ1) is 20.7. The molecule has 1 atom stereocenters. The van der Waals surface area contributed by atoms with Gasteiger partial charge >= 0.3 is 0 Å². The number of pyridine rings is 1. The highest BCUT2D eigenvalue weighted by Crippen LogP contribution is 2.27. The Balaban J connectivity index is 1.57. The Morgan fingerprint density at radius 3 is 2.61 bits per heavy atom. The van der Waals surface area contributed by atoms with E-state index in [9.17, 15) is 14.3 Å². The van der Waals surface area contributed by atoms with E-state index >= 15 is 0 Å². The number of aliphatic hydroxyl groups excluding tert-OH is 1. The molecule has 158 valence electrons. The van der Waals surface area contributed by atoms with Crippen LogP contribution in [0.5, 0.6) is 5.75 Å². The van der Waals surface area contributed by atoms with Crippen LogP contribution >= 0.6 is 0 Å². The van der Waals surface area contributed by atoms with Gasteiger partial charge in [0.15, 0.2) is 5.78 Å². The van der Waals surface area contributed by atoms with Gasteiger partial charge in [-0.05, 0) is 47.3 Å². The van der Waals surface area contributed by atoms with Gasteiger partial charge < -0.3 is 9.84 Å². The number of carbonyl (C=O) groups excluding carboxylic acids is 1. The topological polar surface area (TPSA) is 77.2 Å². The summed E-state index contributed by atoms with van der Waals surface area (Å²) in [5.74, 6) is 0.290. The smallest absolute Gasteiger partial charge is 0.235 e. The Bertz CT molecular complexity index is 1230. The second-order valence-electron chi connectivity index (χ2n) is 7.31. The number of nitrogens with zero attached hydrogens (tertiary/aromatic N) is 3. The lowest BCUT2D eigenvalue weighted by Gasteiger charge is -2.08. The lowest BCUT2D eigenvalue weighted by atomic mass is 10.0. The molecule has 6 nitrogen and oxygen atoms in total. The fraction of sp³-hybridized carbons (Fsp3) is 0.208. The van der Waals surface area contributed by atoms with Gasteiger partial charge in [-0.2, -0.15) is 5.10 Å². The fourth-order valence-corrected chi connectivity index (χ4v) is 3.52. The Morgan fingerprint density at radius 1 is 1.13 bits per heavy atom. The minimum atomic E-state index is -1.41. The standard InChI is InChI=1S/C24H22FN3O3/c1-15(25)31-21-7-5-16(6-8-21)24(30)11-20-10-19-9-17(3-4-18(19)12-26-20)22-13-27-28(2)23(22)14-29/h3-10,12-13,15,29H,11,14H2,1-2H3. The summed E-state index contributed by atoms with van der Waals surface area (Å²) in [4.78, 5) is 17.1. The van der Waals surface area contributed by atoms with Crippen LogP contribution in [0, 0.1) is 0 Å². The minimum Gasteiger partial charge on any atom is -0.461 e. The fourth-order valence-electron chi connectivity index (χ4n) is 3.52. The van der Waals surface area contributed by atoms with Crippen molar-refractivity contribution in [3.8, 4) is 16.9 Å². The molecule has 7 heteroatoms. The van der Waals surface area contributed by atoms with Gasteiger partial charge in [0.25, 0.3) is 0 Å². The summed E-state index contributed by atoms with van der Waals surface area (Å²) in [6.07, 6.45) is 2.22. The molecule has 0 aliphatic rings. The quantitative estimate of drug-likeness (QED) is 0.453. The normalized spacial score (nSPS) is 12.1. The largest absolute Gasteiger partial charge is 0.461 e. The first-order valence-corrected chi connectivity index (χ1v) is 9.89. The molecule has 0 spiro atoms. The number of benzene rings is 2. The van der Waals surface area contributed by atoms with Crippen LogP contribution in [-0.4, -0.2) is 32.0 Å². The number of hydrogen-bond donors (Lipinski definition) is 1. The van der Waals surface area contributed by atoms with Crippen LogP contribution in [0.4, 0.5) is 4.39 Å². The summed E-state index contributed by atoms with van der Waals surface area (Å²) in [5, 5.41) is 15.8. The van der Waals surface area contributed by atoms with Crippen LogP contribution in [0.3, 0.4) is 0 Å². The number of hydrogen-bond acceptors (Lipinski definition) is 5. The van der Waals surface area contributed by atoms with Gasteiger partial charge in [-0.15, -0.1) is 0 Å². The highest BCUT2D eigenvalue weighted by molar-refractivity contribution is 5.98. The maximum absolute atomic E-state index is 12.9. The summed E-state index contributed by atoms with van der Waals surface area (Å²) >= 11 is 0. The van der Waals surface area contributed by atoms with Crippen molar-refractivity contribution in [1.82, 2.24) is 14.8 Å². The van der Waals surface area contributed by atoms with Gasteiger partial charge in [0.2, 0.25) is 6.36 Å². The van der Waals surface area contributed by atoms with E-state index in [2.05, 4.69) is 10.1 Å². The molecule has 0 radical (unpaired) electrons. The summed E-state index contributed by atoms with van der Waals surface area (Å²) < 4.78 is 19.5. The Labute approximate surface area is 178 Å². The molecule has 2 aromatic carbocycles. The van der Waals surface area contributed by atoms with Crippen molar-refractivity contribution < 1.29 is 19.0 Å². The van der Waals surface area contributed by atoms with E-state index in [0.29, 0.717) is 17.0 Å². The Morgan fingerprint density at radius 2 is 1.90 bits per heavy atom. The van der Waals surface area contributed by atoms with Gasteiger partial charge in [-0.3, -0.25) is 14.5 Å². The molecule has 4 aromatic rings. The molecule has 0 saturated heterocycles. The molecule has 1 N–H and O–H groups in total. The molecule has 0 bridgehead atoms. The number of alkyl halides is 1. The number of Topliss-reactive ketones (excluding diaryl/α,β-unsaturated/α-hetero) is 1. The van der Waals surface area contributed by atoms with Crippen molar-refractivity contribution in [2.24, 2.45) is 7.05 Å². The highest BCUT2D eigenvalue weighted by atomic mass is 19.1. The molecule has 2 aromatic heterocycles. The highest BCUT2D eigenvalue weighted by Gasteiger charge is 2.12. The van der Waals surface area contributed by atoms with Crippen molar-refractivity contribution in [3.05, 3.63) is 77.9 Å². The van der Waals surface area contributed by atoms with Crippen LogP contribution in [-0.2, 0) is 20.1 Å². The van der Waals surface area contributed by atoms with E-state index < -0.39 is 6.36 Å². The van der Waals surface area contributed by atoms with Crippen LogP contribution in [0.15, 0.2) is 60.9 Å². The van der Waals surface area contributed by atoms with Crippen molar-refractivity contribution in [2.75, 3.05) is 0 Å². The van der Waals surface area contributed by atoms with Crippen molar-refractivity contribution >= 4 is 16.6 Å². The number of ether oxygens (including phenoxy) is 1. The van der Waals surface area contributed by atoms with Gasteiger partial charge in [0.05, 0.1) is 24.9 Å². The lowest BCUT2D eigenvalue weighted by Crippen LogP contribution is -2.06. The molecule has 2 heterocycles. The first-order chi connectivity index (χ1) is 14.9. The number of aromatic nitrogens is 3. The predicted molar refractivity (Wildman–Crippen MR) is 116 cm³/mol. The SMILES string of the molecule is CC(F)Oc1ccc(C(=O)Cc2cc3cc(-c4cnn(C)c4CO)ccc3cn2)cc1. The average molecular weight is 419 g/mol. The van der Waals surface area contributed by atoms with Crippen LogP contribution in [0.1, 0.15) is 28.7 Å². The number of aryl methyl sites for hydroxylation is 1. The van der Waals surface area contributed by atoms with Crippen molar-refractivity contribution in [3.63, 3.8) is 0 Å². The number of rotatable bonds is 7. The molecule has 0 saturated carbocycles. The van der Waals surface area contributed by atoms with Gasteiger partial charge in [-0.1, -0.05) is 12.1 Å². The zero-order valence-corrected chi connectivity index (χ0v) is 17.2. The van der Waals surface area contributed by atoms with Crippen LogP contribution in [0.2, 0.25) is 0 Å². The lowest BCUT2D eigenvalue weighted by molar-refractivity contribution is 0.0860. The second kappa shape index (κ2) is 8.65. The Hall–Kier alpha value is -3.58. The minimum absolute atomic E-state index is 0.0855. The van der Waals surface area contributed by atoms with E-state index in [0.717, 1.165) is 27.6 Å².